The van der Waals surface area contributed by atoms with Gasteiger partial charge in [0.1, 0.15) is 5.54 Å². The molecule has 0 heterocycles. The number of carbonyl (C=O) groups is 2. The van der Waals surface area contributed by atoms with Crippen molar-refractivity contribution < 1.29 is 19.4 Å². The Kier molecular flexibility index (Phi) is 5.61. The van der Waals surface area contributed by atoms with E-state index in [1.165, 1.54) is 12.0 Å². The van der Waals surface area contributed by atoms with Gasteiger partial charge in [-0.2, -0.15) is 0 Å². The molecule has 0 spiro atoms. The number of amides is 1. The molecule has 17 heavy (non-hydrogen) atoms. The summed E-state index contributed by atoms with van der Waals surface area (Å²) in [5.74, 6) is -1.01. The van der Waals surface area contributed by atoms with Crippen LogP contribution in [0.5, 0.6) is 0 Å². The van der Waals surface area contributed by atoms with Gasteiger partial charge in [-0.15, -0.1) is 0 Å². The zero-order valence-electron chi connectivity index (χ0n) is 11.3. The van der Waals surface area contributed by atoms with Crippen molar-refractivity contribution in [3.05, 3.63) is 0 Å². The fraction of sp³-hybridized carbons (Fsp3) is 0.833. The van der Waals surface area contributed by atoms with E-state index >= 15 is 0 Å². The van der Waals surface area contributed by atoms with Gasteiger partial charge in [-0.3, -0.25) is 4.79 Å². The van der Waals surface area contributed by atoms with Crippen LogP contribution in [0.1, 0.15) is 40.5 Å². The molecule has 1 atom stereocenters. The van der Waals surface area contributed by atoms with Crippen LogP contribution in [0.4, 0.5) is 0 Å². The lowest BCUT2D eigenvalue weighted by molar-refractivity contribution is -0.159. The lowest BCUT2D eigenvalue weighted by atomic mass is 9.86. The molecule has 0 aliphatic rings. The number of aliphatic carboxylic acids is 1. The van der Waals surface area contributed by atoms with E-state index in [0.717, 1.165) is 6.42 Å². The smallest absolute Gasteiger partial charge is 0.329 e. The van der Waals surface area contributed by atoms with Crippen molar-refractivity contribution in [1.82, 2.24) is 4.90 Å². The molecule has 1 amide bonds. The molecule has 0 saturated carbocycles. The number of nitrogens with zero attached hydrogens (tertiary/aromatic N) is 1. The highest BCUT2D eigenvalue weighted by molar-refractivity contribution is 5.81. The van der Waals surface area contributed by atoms with Gasteiger partial charge in [0.25, 0.3) is 0 Å². The predicted octanol–water partition coefficient (Wildman–Crippen LogP) is 1.51. The summed E-state index contributed by atoms with van der Waals surface area (Å²) in [6, 6.07) is 0. The van der Waals surface area contributed by atoms with E-state index in [-0.39, 0.29) is 6.42 Å². The first-order valence-corrected chi connectivity index (χ1v) is 5.74. The second-order valence-corrected chi connectivity index (χ2v) is 5.02. The van der Waals surface area contributed by atoms with Crippen molar-refractivity contribution >= 4 is 12.4 Å². The maximum atomic E-state index is 11.4. The third kappa shape index (κ3) is 4.00. The third-order valence-electron chi connectivity index (χ3n) is 3.01. The van der Waals surface area contributed by atoms with Crippen molar-refractivity contribution in [2.24, 2.45) is 0 Å². The van der Waals surface area contributed by atoms with Crippen LogP contribution in [0.3, 0.4) is 0 Å². The number of rotatable bonds is 8. The number of carbonyl (C=O) groups excluding carboxylic acids is 1. The highest BCUT2D eigenvalue weighted by Gasteiger charge is 2.43. The molecule has 0 aliphatic heterocycles. The summed E-state index contributed by atoms with van der Waals surface area (Å²) in [6.45, 7) is 7.50. The van der Waals surface area contributed by atoms with E-state index < -0.39 is 17.1 Å². The quantitative estimate of drug-likeness (QED) is 0.658. The van der Waals surface area contributed by atoms with Crippen LogP contribution in [-0.2, 0) is 14.3 Å². The van der Waals surface area contributed by atoms with Crippen LogP contribution in [-0.4, -0.2) is 47.2 Å². The summed E-state index contributed by atoms with van der Waals surface area (Å²) in [4.78, 5) is 23.8. The number of methoxy groups -OCH3 is 1. The summed E-state index contributed by atoms with van der Waals surface area (Å²) in [5.41, 5.74) is -1.83. The maximum absolute atomic E-state index is 11.4. The highest BCUT2D eigenvalue weighted by atomic mass is 16.5. The van der Waals surface area contributed by atoms with E-state index in [0.29, 0.717) is 13.0 Å². The van der Waals surface area contributed by atoms with Crippen LogP contribution in [0.15, 0.2) is 0 Å². The first-order chi connectivity index (χ1) is 7.73. The van der Waals surface area contributed by atoms with Gasteiger partial charge in [0.2, 0.25) is 6.41 Å². The van der Waals surface area contributed by atoms with Crippen molar-refractivity contribution in [2.45, 2.75) is 51.7 Å². The van der Waals surface area contributed by atoms with E-state index in [2.05, 4.69) is 0 Å². The Morgan fingerprint density at radius 2 is 1.94 bits per heavy atom. The Bertz CT molecular complexity index is 278. The van der Waals surface area contributed by atoms with Gasteiger partial charge >= 0.3 is 5.97 Å². The van der Waals surface area contributed by atoms with E-state index in [1.807, 2.05) is 20.8 Å². The SMILES string of the molecule is CCCN(C=O)C(C)(CC(C)(C)OC)C(=O)O. The molecule has 5 nitrogen and oxygen atoms in total. The van der Waals surface area contributed by atoms with Gasteiger partial charge in [0.05, 0.1) is 5.60 Å². The molecule has 0 aromatic rings. The van der Waals surface area contributed by atoms with Gasteiger partial charge in [-0.05, 0) is 27.2 Å². The Balaban J connectivity index is 5.14. The molecule has 0 aromatic carbocycles. The number of carboxylic acid groups (broad SMARTS) is 1. The number of ether oxygens (including phenoxy) is 1. The first kappa shape index (κ1) is 15.9. The summed E-state index contributed by atoms with van der Waals surface area (Å²) in [5, 5.41) is 9.36. The van der Waals surface area contributed by atoms with Crippen molar-refractivity contribution in [2.75, 3.05) is 13.7 Å². The fourth-order valence-electron chi connectivity index (χ4n) is 1.86. The minimum absolute atomic E-state index is 0.241. The number of hydrogen-bond acceptors (Lipinski definition) is 3. The molecule has 0 bridgehead atoms. The molecule has 1 N–H and O–H groups in total. The molecule has 0 saturated heterocycles. The minimum Gasteiger partial charge on any atom is -0.480 e. The fourth-order valence-corrected chi connectivity index (χ4v) is 1.86. The van der Waals surface area contributed by atoms with Crippen molar-refractivity contribution in [3.63, 3.8) is 0 Å². The molecule has 0 aromatic heterocycles. The Morgan fingerprint density at radius 3 is 2.24 bits per heavy atom. The second-order valence-electron chi connectivity index (χ2n) is 5.02. The average molecular weight is 245 g/mol. The molecular formula is C12H23NO4. The van der Waals surface area contributed by atoms with E-state index in [1.54, 1.807) is 6.92 Å². The van der Waals surface area contributed by atoms with Gasteiger partial charge in [0, 0.05) is 20.1 Å². The van der Waals surface area contributed by atoms with Crippen LogP contribution in [0.25, 0.3) is 0 Å². The third-order valence-corrected chi connectivity index (χ3v) is 3.01. The zero-order valence-corrected chi connectivity index (χ0v) is 11.3. The van der Waals surface area contributed by atoms with E-state index in [9.17, 15) is 14.7 Å². The molecule has 100 valence electrons. The van der Waals surface area contributed by atoms with Crippen LogP contribution >= 0.6 is 0 Å². The van der Waals surface area contributed by atoms with Crippen molar-refractivity contribution in [1.29, 1.82) is 0 Å². The molecule has 0 rings (SSSR count). The van der Waals surface area contributed by atoms with Gasteiger partial charge in [-0.1, -0.05) is 6.92 Å². The highest BCUT2D eigenvalue weighted by Crippen LogP contribution is 2.28. The normalized spacial score (nSPS) is 15.1. The number of carboxylic acids is 1. The lowest BCUT2D eigenvalue weighted by Crippen LogP contribution is -2.55. The van der Waals surface area contributed by atoms with Gasteiger partial charge in [-0.25, -0.2) is 4.79 Å². The Labute approximate surface area is 103 Å². The Hall–Kier alpha value is -1.10. The first-order valence-electron chi connectivity index (χ1n) is 5.74. The summed E-state index contributed by atoms with van der Waals surface area (Å²) >= 11 is 0. The molecule has 0 aliphatic carbocycles. The second kappa shape index (κ2) is 6.00. The van der Waals surface area contributed by atoms with E-state index in [4.69, 9.17) is 4.74 Å². The predicted molar refractivity (Wildman–Crippen MR) is 64.8 cm³/mol. The summed E-state index contributed by atoms with van der Waals surface area (Å²) in [7, 11) is 1.54. The van der Waals surface area contributed by atoms with Crippen molar-refractivity contribution in [3.8, 4) is 0 Å². The van der Waals surface area contributed by atoms with Crippen LogP contribution in [0, 0.1) is 0 Å². The van der Waals surface area contributed by atoms with Gasteiger partial charge in [0.15, 0.2) is 0 Å². The molecule has 5 heteroatoms. The molecule has 1 unspecified atom stereocenters. The number of hydrogen-bond donors (Lipinski definition) is 1. The average Bonchev–Trinajstić information content (AvgIpc) is 2.24. The summed E-state index contributed by atoms with van der Waals surface area (Å²) in [6.07, 6.45) is 1.56. The molecule has 0 radical (unpaired) electrons. The largest absolute Gasteiger partial charge is 0.480 e. The molecule has 0 fully saturated rings. The van der Waals surface area contributed by atoms with Crippen LogP contribution < -0.4 is 0 Å². The topological polar surface area (TPSA) is 66.8 Å². The zero-order chi connectivity index (χ0) is 13.7. The minimum atomic E-state index is -1.24. The van der Waals surface area contributed by atoms with Crippen LogP contribution in [0.2, 0.25) is 0 Å². The lowest BCUT2D eigenvalue weighted by Gasteiger charge is -2.40. The standard InChI is InChI=1S/C12H23NO4/c1-6-7-13(9-14)12(4,10(15)16)8-11(2,3)17-5/h9H,6-8H2,1-5H3,(H,15,16). The molecular weight excluding hydrogens is 222 g/mol. The van der Waals surface area contributed by atoms with Gasteiger partial charge < -0.3 is 14.7 Å². The maximum Gasteiger partial charge on any atom is 0.329 e. The Morgan fingerprint density at radius 1 is 1.41 bits per heavy atom. The summed E-state index contributed by atoms with van der Waals surface area (Å²) < 4.78 is 5.25. The monoisotopic (exact) mass is 245 g/mol.